The molecule has 0 N–H and O–H groups in total. The molecule has 6 heterocycles. The second-order valence-corrected chi connectivity index (χ2v) is 16.6. The molecule has 15 aromatic rings. The van der Waals surface area contributed by atoms with E-state index in [0.29, 0.717) is 88.3 Å². The van der Waals surface area contributed by atoms with Crippen LogP contribution in [0, 0.1) is 28.5 Å². The van der Waals surface area contributed by atoms with Gasteiger partial charge in [0.25, 0.3) is 0 Å². The van der Waals surface area contributed by atoms with E-state index in [4.69, 9.17) is 17.7 Å². The molecule has 0 amide bonds. The lowest BCUT2D eigenvalue weighted by atomic mass is 10.0. The highest BCUT2D eigenvalue weighted by atomic mass is 19.1. The summed E-state index contributed by atoms with van der Waals surface area (Å²) in [5.41, 5.74) is 7.61. The van der Waals surface area contributed by atoms with Crippen LogP contribution in [0.3, 0.4) is 0 Å². The SMILES string of the molecule is N#Cc1cc(C#N)c(-n2c3ccc4c5ccccc5oc4c3c3c4oc5ccccc5c4ccc32)c(F)c1-n1c2ccc3c4ccccc4oc3c2c2c3oc4ccccc4c3ccc21. The van der Waals surface area contributed by atoms with Crippen LogP contribution in [0.5, 0.6) is 0 Å². The van der Waals surface area contributed by atoms with Gasteiger partial charge in [0.15, 0.2) is 5.82 Å². The van der Waals surface area contributed by atoms with Gasteiger partial charge in [0, 0.05) is 43.1 Å². The summed E-state index contributed by atoms with van der Waals surface area (Å²) in [6.45, 7) is 0. The summed E-state index contributed by atoms with van der Waals surface area (Å²) in [5, 5.41) is 32.1. The van der Waals surface area contributed by atoms with E-state index < -0.39 is 5.82 Å². The van der Waals surface area contributed by atoms with Crippen molar-refractivity contribution in [1.29, 1.82) is 10.5 Å². The van der Waals surface area contributed by atoms with Crippen LogP contribution in [0.1, 0.15) is 11.1 Å². The molecule has 0 aliphatic rings. The van der Waals surface area contributed by atoms with Gasteiger partial charge in [-0.3, -0.25) is 0 Å². The molecule has 0 saturated heterocycles. The standard InChI is InChI=1S/C56H25FN4O4/c57-50-51(60-38-21-17-34-30-9-1-5-13-42(30)62-53(34)46(38)47-39(60)22-18-35-31-10-2-6-14-43(31)63-54(35)47)28(26-58)25-29(27-59)52(50)61-40-23-19-36-32-11-3-7-15-44(32)64-55(36)48(40)49-41(61)24-20-37-33-12-4-8-16-45(33)65-56(37)49/h1-25H. The van der Waals surface area contributed by atoms with Crippen LogP contribution in [0.15, 0.2) is 169 Å². The number of para-hydroxylation sites is 4. The van der Waals surface area contributed by atoms with Crippen molar-refractivity contribution in [2.75, 3.05) is 0 Å². The van der Waals surface area contributed by atoms with Crippen molar-refractivity contribution in [3.8, 4) is 23.5 Å². The summed E-state index contributed by atoms with van der Waals surface area (Å²) >= 11 is 0. The average molecular weight is 837 g/mol. The monoisotopic (exact) mass is 836 g/mol. The Morgan fingerprint density at radius 1 is 0.354 bits per heavy atom. The van der Waals surface area contributed by atoms with Crippen molar-refractivity contribution in [3.05, 3.63) is 169 Å². The number of fused-ring (bicyclic) bond motifs is 22. The topological polar surface area (TPSA) is 110 Å². The Morgan fingerprint density at radius 2 is 0.631 bits per heavy atom. The van der Waals surface area contributed by atoms with E-state index in [1.165, 1.54) is 6.07 Å². The zero-order valence-electron chi connectivity index (χ0n) is 33.7. The van der Waals surface area contributed by atoms with Crippen molar-refractivity contribution in [2.24, 2.45) is 0 Å². The van der Waals surface area contributed by atoms with E-state index in [9.17, 15) is 10.5 Å². The van der Waals surface area contributed by atoms with E-state index in [1.807, 2.05) is 146 Å². The second kappa shape index (κ2) is 12.0. The van der Waals surface area contributed by atoms with Crippen LogP contribution in [-0.4, -0.2) is 9.13 Å². The van der Waals surface area contributed by atoms with Crippen LogP contribution in [0.4, 0.5) is 4.39 Å². The third-order valence-corrected chi connectivity index (χ3v) is 13.5. The Hall–Kier alpha value is -9.31. The molecular weight excluding hydrogens is 812 g/mol. The summed E-state index contributed by atoms with van der Waals surface area (Å²) in [6, 6.07) is 53.2. The maximum Gasteiger partial charge on any atom is 0.173 e. The predicted molar refractivity (Wildman–Crippen MR) is 254 cm³/mol. The molecule has 0 aliphatic carbocycles. The average Bonchev–Trinajstić information content (AvgIpc) is 4.19. The van der Waals surface area contributed by atoms with Crippen LogP contribution < -0.4 is 0 Å². The molecule has 65 heavy (non-hydrogen) atoms. The van der Waals surface area contributed by atoms with Crippen LogP contribution in [-0.2, 0) is 0 Å². The molecule has 300 valence electrons. The van der Waals surface area contributed by atoms with E-state index in [2.05, 4.69) is 12.1 Å². The van der Waals surface area contributed by atoms with E-state index in [-0.39, 0.29) is 22.5 Å². The first-order valence-corrected chi connectivity index (χ1v) is 21.1. The lowest BCUT2D eigenvalue weighted by molar-refractivity contribution is 0.613. The summed E-state index contributed by atoms with van der Waals surface area (Å²) in [5.74, 6) is -0.762. The molecule has 15 rings (SSSR count). The Balaban J connectivity index is 1.13. The van der Waals surface area contributed by atoms with Gasteiger partial charge in [0.1, 0.15) is 68.2 Å². The third kappa shape index (κ3) is 4.18. The number of nitrogens with zero attached hydrogens (tertiary/aromatic N) is 4. The molecule has 9 aromatic carbocycles. The number of aromatic nitrogens is 2. The molecule has 6 aromatic heterocycles. The molecule has 8 nitrogen and oxygen atoms in total. The highest BCUT2D eigenvalue weighted by Gasteiger charge is 2.31. The van der Waals surface area contributed by atoms with Crippen LogP contribution in [0.2, 0.25) is 0 Å². The normalized spacial score (nSPS) is 12.4. The van der Waals surface area contributed by atoms with Gasteiger partial charge < -0.3 is 26.8 Å². The molecule has 9 heteroatoms. The quantitative estimate of drug-likeness (QED) is 0.171. The summed E-state index contributed by atoms with van der Waals surface area (Å²) in [4.78, 5) is 0. The Labute approximate surface area is 363 Å². The molecule has 0 fully saturated rings. The van der Waals surface area contributed by atoms with E-state index >= 15 is 4.39 Å². The number of hydrogen-bond donors (Lipinski definition) is 0. The number of rotatable bonds is 2. The van der Waals surface area contributed by atoms with Crippen molar-refractivity contribution < 1.29 is 22.1 Å². The van der Waals surface area contributed by atoms with Gasteiger partial charge in [-0.05, 0) is 78.9 Å². The van der Waals surface area contributed by atoms with E-state index in [1.54, 1.807) is 9.13 Å². The fraction of sp³-hybridized carbons (Fsp3) is 0. The summed E-state index contributed by atoms with van der Waals surface area (Å²) in [7, 11) is 0. The highest BCUT2D eigenvalue weighted by molar-refractivity contribution is 6.32. The fourth-order valence-corrected chi connectivity index (χ4v) is 10.8. The molecule has 0 radical (unpaired) electrons. The number of nitriles is 2. The van der Waals surface area contributed by atoms with Crippen molar-refractivity contribution in [1.82, 2.24) is 9.13 Å². The lowest BCUT2D eigenvalue weighted by Gasteiger charge is -2.17. The van der Waals surface area contributed by atoms with Crippen LogP contribution >= 0.6 is 0 Å². The minimum Gasteiger partial charge on any atom is -0.455 e. The second-order valence-electron chi connectivity index (χ2n) is 16.6. The fourth-order valence-electron chi connectivity index (χ4n) is 10.8. The summed E-state index contributed by atoms with van der Waals surface area (Å²) < 4.78 is 49.2. The third-order valence-electron chi connectivity index (χ3n) is 13.5. The first-order valence-electron chi connectivity index (χ1n) is 21.1. The number of furan rings is 4. The minimum absolute atomic E-state index is 0.0166. The molecule has 0 bridgehead atoms. The maximum absolute atomic E-state index is 18.9. The number of benzene rings is 9. The van der Waals surface area contributed by atoms with Gasteiger partial charge in [-0.1, -0.05) is 72.8 Å². The predicted octanol–water partition coefficient (Wildman–Crippen LogP) is 15.4. The first-order chi connectivity index (χ1) is 32.1. The van der Waals surface area contributed by atoms with Gasteiger partial charge in [-0.25, -0.2) is 4.39 Å². The summed E-state index contributed by atoms with van der Waals surface area (Å²) in [6.07, 6.45) is 0. The molecule has 0 aliphatic heterocycles. The highest BCUT2D eigenvalue weighted by Crippen LogP contribution is 2.49. The largest absolute Gasteiger partial charge is 0.455 e. The Morgan fingerprint density at radius 3 is 0.908 bits per heavy atom. The molecule has 0 spiro atoms. The Bertz CT molecular complexity index is 4210. The van der Waals surface area contributed by atoms with Crippen LogP contribution in [0.25, 0.3) is 143 Å². The maximum atomic E-state index is 18.9. The zero-order chi connectivity index (χ0) is 42.8. The van der Waals surface area contributed by atoms with Crippen molar-refractivity contribution >= 4 is 131 Å². The zero-order valence-corrected chi connectivity index (χ0v) is 33.7. The first kappa shape index (κ1) is 34.3. The van der Waals surface area contributed by atoms with Crippen molar-refractivity contribution in [2.45, 2.75) is 0 Å². The van der Waals surface area contributed by atoms with Gasteiger partial charge in [-0.15, -0.1) is 0 Å². The minimum atomic E-state index is -0.762. The van der Waals surface area contributed by atoms with E-state index in [0.717, 1.165) is 43.1 Å². The molecule has 0 atom stereocenters. The molecule has 0 unspecified atom stereocenters. The smallest absolute Gasteiger partial charge is 0.173 e. The van der Waals surface area contributed by atoms with Crippen molar-refractivity contribution in [3.63, 3.8) is 0 Å². The molecular formula is C56H25FN4O4. The van der Waals surface area contributed by atoms with Gasteiger partial charge in [-0.2, -0.15) is 10.5 Å². The Kier molecular flexibility index (Phi) is 6.32. The van der Waals surface area contributed by atoms with Gasteiger partial charge in [0.05, 0.1) is 54.7 Å². The number of halogens is 1. The molecule has 0 saturated carbocycles. The number of hydrogen-bond acceptors (Lipinski definition) is 6. The van der Waals surface area contributed by atoms with Gasteiger partial charge in [0.2, 0.25) is 0 Å². The lowest BCUT2D eigenvalue weighted by Crippen LogP contribution is -2.09. The van der Waals surface area contributed by atoms with Gasteiger partial charge >= 0.3 is 0 Å².